The monoisotopic (exact) mass is 236 g/mol. The van der Waals surface area contributed by atoms with Crippen LogP contribution in [0.15, 0.2) is 18.2 Å². The minimum atomic E-state index is -0.395. The molecular weight excluding hydrogens is 216 g/mol. The van der Waals surface area contributed by atoms with Crippen LogP contribution in [0.5, 0.6) is 0 Å². The lowest BCUT2D eigenvalue weighted by atomic mass is 10.1. The number of hydrogen-bond donors (Lipinski definition) is 1. The Morgan fingerprint density at radius 2 is 2.18 bits per heavy atom. The molecule has 0 heterocycles. The molecule has 17 heavy (non-hydrogen) atoms. The van der Waals surface area contributed by atoms with Gasteiger partial charge < -0.3 is 15.4 Å². The molecule has 0 unspecified atom stereocenters. The molecule has 0 aliphatic heterocycles. The second-order valence-corrected chi connectivity index (χ2v) is 4.01. The first kappa shape index (κ1) is 13.4. The number of para-hydroxylation sites is 1. The third kappa shape index (κ3) is 3.12. The normalized spacial score (nSPS) is 10.1. The number of methoxy groups -OCH3 is 1. The maximum absolute atomic E-state index is 11.5. The molecular formula is C13H20N2O2. The number of benzene rings is 1. The van der Waals surface area contributed by atoms with Gasteiger partial charge in [-0.3, -0.25) is 0 Å². The number of nitrogens with two attached hydrogens (primary N) is 1. The van der Waals surface area contributed by atoms with Crippen LogP contribution in [0.3, 0.4) is 0 Å². The van der Waals surface area contributed by atoms with Crippen LogP contribution in [0.25, 0.3) is 0 Å². The fourth-order valence-electron chi connectivity index (χ4n) is 1.69. The zero-order valence-corrected chi connectivity index (χ0v) is 10.7. The summed E-state index contributed by atoms with van der Waals surface area (Å²) in [6, 6.07) is 5.41. The molecule has 0 aliphatic carbocycles. The van der Waals surface area contributed by atoms with Crippen LogP contribution < -0.4 is 10.6 Å². The number of hydrogen-bond acceptors (Lipinski definition) is 4. The minimum absolute atomic E-state index is 0.395. The maximum atomic E-state index is 11.5. The number of nitrogens with zero attached hydrogens (tertiary/aromatic N) is 1. The van der Waals surface area contributed by atoms with E-state index in [0.717, 1.165) is 25.1 Å². The molecule has 0 saturated carbocycles. The third-order valence-corrected chi connectivity index (χ3v) is 2.75. The van der Waals surface area contributed by atoms with Gasteiger partial charge in [0.15, 0.2) is 0 Å². The number of unbranched alkanes of at least 4 members (excludes halogenated alkanes) is 1. The van der Waals surface area contributed by atoms with E-state index >= 15 is 0 Å². The molecule has 1 aromatic rings. The van der Waals surface area contributed by atoms with Crippen molar-refractivity contribution in [2.45, 2.75) is 19.8 Å². The van der Waals surface area contributed by atoms with Crippen LogP contribution in [0.2, 0.25) is 0 Å². The summed E-state index contributed by atoms with van der Waals surface area (Å²) in [4.78, 5) is 13.6. The predicted octanol–water partition coefficient (Wildman–Crippen LogP) is 2.29. The topological polar surface area (TPSA) is 55.6 Å². The molecule has 2 N–H and O–H groups in total. The summed E-state index contributed by atoms with van der Waals surface area (Å²) in [6.45, 7) is 3.06. The number of carbonyl (C=O) groups excluding carboxylic acids is 1. The van der Waals surface area contributed by atoms with Crippen LogP contribution in [0.4, 0.5) is 11.4 Å². The average Bonchev–Trinajstić information content (AvgIpc) is 2.35. The maximum Gasteiger partial charge on any atom is 0.340 e. The van der Waals surface area contributed by atoms with E-state index in [2.05, 4.69) is 11.8 Å². The number of nitrogen functional groups attached to an aromatic ring is 1. The number of esters is 1. The Labute approximate surface area is 102 Å². The van der Waals surface area contributed by atoms with Crippen LogP contribution in [-0.4, -0.2) is 26.7 Å². The van der Waals surface area contributed by atoms with Crippen LogP contribution in [0, 0.1) is 0 Å². The lowest BCUT2D eigenvalue weighted by molar-refractivity contribution is 0.0602. The van der Waals surface area contributed by atoms with E-state index in [4.69, 9.17) is 10.5 Å². The fraction of sp³-hybridized carbons (Fsp3) is 0.462. The molecule has 0 amide bonds. The summed E-state index contributed by atoms with van der Waals surface area (Å²) in [5.41, 5.74) is 7.77. The molecule has 4 nitrogen and oxygen atoms in total. The van der Waals surface area contributed by atoms with Crippen molar-refractivity contribution in [3.05, 3.63) is 23.8 Å². The molecule has 1 aromatic carbocycles. The number of ether oxygens (including phenoxy) is 1. The summed E-state index contributed by atoms with van der Waals surface area (Å²) in [6.07, 6.45) is 2.22. The molecule has 0 aliphatic rings. The van der Waals surface area contributed by atoms with Crippen molar-refractivity contribution < 1.29 is 9.53 Å². The lowest BCUT2D eigenvalue weighted by Crippen LogP contribution is -2.20. The van der Waals surface area contributed by atoms with Gasteiger partial charge in [-0.1, -0.05) is 19.4 Å². The molecule has 1 rings (SSSR count). The van der Waals surface area contributed by atoms with Crippen molar-refractivity contribution in [2.24, 2.45) is 0 Å². The van der Waals surface area contributed by atoms with E-state index in [1.165, 1.54) is 7.11 Å². The van der Waals surface area contributed by atoms with Crippen molar-refractivity contribution in [2.75, 3.05) is 31.3 Å². The highest BCUT2D eigenvalue weighted by Crippen LogP contribution is 2.26. The molecule has 94 valence electrons. The Morgan fingerprint density at radius 1 is 1.47 bits per heavy atom. The van der Waals surface area contributed by atoms with Crippen molar-refractivity contribution in [3.63, 3.8) is 0 Å². The third-order valence-electron chi connectivity index (χ3n) is 2.75. The zero-order chi connectivity index (χ0) is 12.8. The van der Waals surface area contributed by atoms with Gasteiger partial charge in [0, 0.05) is 13.6 Å². The smallest absolute Gasteiger partial charge is 0.340 e. The molecule has 0 spiro atoms. The molecule has 0 aromatic heterocycles. The molecule has 0 fully saturated rings. The Kier molecular flexibility index (Phi) is 4.82. The summed E-state index contributed by atoms with van der Waals surface area (Å²) in [5.74, 6) is -0.395. The van der Waals surface area contributed by atoms with Crippen LogP contribution in [0.1, 0.15) is 30.1 Å². The van der Waals surface area contributed by atoms with Crippen molar-refractivity contribution in [1.29, 1.82) is 0 Å². The Balaban J connectivity index is 2.97. The second kappa shape index (κ2) is 6.13. The van der Waals surface area contributed by atoms with Gasteiger partial charge >= 0.3 is 5.97 Å². The summed E-state index contributed by atoms with van der Waals surface area (Å²) in [5, 5.41) is 0. The van der Waals surface area contributed by atoms with E-state index in [-0.39, 0.29) is 0 Å². The average molecular weight is 236 g/mol. The highest BCUT2D eigenvalue weighted by atomic mass is 16.5. The first-order valence-electron chi connectivity index (χ1n) is 5.79. The van der Waals surface area contributed by atoms with E-state index in [1.807, 2.05) is 19.2 Å². The fourth-order valence-corrected chi connectivity index (χ4v) is 1.69. The molecule has 0 saturated heterocycles. The van der Waals surface area contributed by atoms with Gasteiger partial charge in [-0.2, -0.15) is 0 Å². The molecule has 0 atom stereocenters. The Hall–Kier alpha value is -1.71. The molecule has 0 bridgehead atoms. The SMILES string of the molecule is CCCCN(C)c1cccc(C(=O)OC)c1N. The number of rotatable bonds is 5. The van der Waals surface area contributed by atoms with Gasteiger partial charge in [0.1, 0.15) is 0 Å². The number of carbonyl (C=O) groups is 1. The lowest BCUT2D eigenvalue weighted by Gasteiger charge is -2.21. The summed E-state index contributed by atoms with van der Waals surface area (Å²) >= 11 is 0. The highest BCUT2D eigenvalue weighted by Gasteiger charge is 2.14. The Bertz CT molecular complexity index is 391. The van der Waals surface area contributed by atoms with Gasteiger partial charge in [-0.25, -0.2) is 4.79 Å². The molecule has 0 radical (unpaired) electrons. The van der Waals surface area contributed by atoms with Crippen molar-refractivity contribution in [3.8, 4) is 0 Å². The van der Waals surface area contributed by atoms with E-state index in [1.54, 1.807) is 6.07 Å². The minimum Gasteiger partial charge on any atom is -0.465 e. The van der Waals surface area contributed by atoms with Crippen LogP contribution >= 0.6 is 0 Å². The van der Waals surface area contributed by atoms with E-state index in [0.29, 0.717) is 11.3 Å². The van der Waals surface area contributed by atoms with Gasteiger partial charge in [0.25, 0.3) is 0 Å². The quantitative estimate of drug-likeness (QED) is 0.629. The first-order valence-corrected chi connectivity index (χ1v) is 5.79. The first-order chi connectivity index (χ1) is 8.11. The van der Waals surface area contributed by atoms with Crippen molar-refractivity contribution in [1.82, 2.24) is 0 Å². The van der Waals surface area contributed by atoms with Crippen LogP contribution in [-0.2, 0) is 4.74 Å². The van der Waals surface area contributed by atoms with E-state index in [9.17, 15) is 4.79 Å². The van der Waals surface area contributed by atoms with Gasteiger partial charge in [-0.15, -0.1) is 0 Å². The van der Waals surface area contributed by atoms with Gasteiger partial charge in [-0.05, 0) is 18.6 Å². The largest absolute Gasteiger partial charge is 0.465 e. The van der Waals surface area contributed by atoms with Crippen molar-refractivity contribution >= 4 is 17.3 Å². The zero-order valence-electron chi connectivity index (χ0n) is 10.7. The summed E-state index contributed by atoms with van der Waals surface area (Å²) < 4.78 is 4.70. The predicted molar refractivity (Wildman–Crippen MR) is 70.4 cm³/mol. The summed E-state index contributed by atoms with van der Waals surface area (Å²) in [7, 11) is 3.33. The highest BCUT2D eigenvalue weighted by molar-refractivity contribution is 5.98. The second-order valence-electron chi connectivity index (χ2n) is 4.01. The molecule has 4 heteroatoms. The van der Waals surface area contributed by atoms with Gasteiger partial charge in [0.2, 0.25) is 0 Å². The van der Waals surface area contributed by atoms with E-state index < -0.39 is 5.97 Å². The standard InChI is InChI=1S/C13H20N2O2/c1-4-5-9-15(2)11-8-6-7-10(12(11)14)13(16)17-3/h6-8H,4-5,9,14H2,1-3H3. The Morgan fingerprint density at radius 3 is 2.76 bits per heavy atom. The number of anilines is 2. The van der Waals surface area contributed by atoms with Gasteiger partial charge in [0.05, 0.1) is 24.0 Å².